The first kappa shape index (κ1) is 11.6. The van der Waals surface area contributed by atoms with Crippen LogP contribution in [-0.2, 0) is 4.79 Å². The molecule has 1 atom stereocenters. The van der Waals surface area contributed by atoms with Crippen LogP contribution in [0.2, 0.25) is 0 Å². The third-order valence-corrected chi connectivity index (χ3v) is 2.65. The zero-order valence-electron chi connectivity index (χ0n) is 7.59. The van der Waals surface area contributed by atoms with Crippen LogP contribution in [0.3, 0.4) is 0 Å². The van der Waals surface area contributed by atoms with Crippen molar-refractivity contribution in [3.05, 3.63) is 39.9 Å². The largest absolute Gasteiger partial charge is 0.481 e. The second kappa shape index (κ2) is 4.88. The van der Waals surface area contributed by atoms with E-state index in [1.54, 1.807) is 6.07 Å². The van der Waals surface area contributed by atoms with Crippen molar-refractivity contribution < 1.29 is 14.8 Å². The van der Waals surface area contributed by atoms with Crippen molar-refractivity contribution in [1.29, 1.82) is 0 Å². The highest BCUT2D eigenvalue weighted by Gasteiger charge is 2.14. The van der Waals surface area contributed by atoms with E-state index in [4.69, 9.17) is 5.11 Å². The van der Waals surface area contributed by atoms with Gasteiger partial charge in [-0.3, -0.25) is 14.9 Å². The van der Waals surface area contributed by atoms with Crippen molar-refractivity contribution in [2.45, 2.75) is 11.2 Å². The fourth-order valence-electron chi connectivity index (χ4n) is 1.10. The number of carbonyl (C=O) groups is 1. The summed E-state index contributed by atoms with van der Waals surface area (Å²) in [6.07, 6.45) is -0.110. The first-order valence-electron chi connectivity index (χ1n) is 4.11. The molecule has 1 rings (SSSR count). The molecule has 0 saturated carbocycles. The van der Waals surface area contributed by atoms with Gasteiger partial charge in [0, 0.05) is 12.1 Å². The first-order chi connectivity index (χ1) is 7.00. The van der Waals surface area contributed by atoms with E-state index >= 15 is 0 Å². The SMILES string of the molecule is O=C(O)C[C@@H](Br)c1cccc([N+](=O)[O-])c1. The molecule has 0 bridgehead atoms. The summed E-state index contributed by atoms with van der Waals surface area (Å²) in [5.41, 5.74) is 0.550. The summed E-state index contributed by atoms with van der Waals surface area (Å²) in [4.78, 5) is 20.0. The summed E-state index contributed by atoms with van der Waals surface area (Å²) in [6, 6.07) is 5.91. The van der Waals surface area contributed by atoms with Crippen molar-refractivity contribution in [1.82, 2.24) is 0 Å². The average Bonchev–Trinajstić information content (AvgIpc) is 2.17. The van der Waals surface area contributed by atoms with E-state index in [1.807, 2.05) is 0 Å². The van der Waals surface area contributed by atoms with E-state index in [1.165, 1.54) is 18.2 Å². The minimum absolute atomic E-state index is 0.0395. The van der Waals surface area contributed by atoms with Crippen molar-refractivity contribution in [3.8, 4) is 0 Å². The number of hydrogen-bond donors (Lipinski definition) is 1. The molecule has 0 spiro atoms. The van der Waals surface area contributed by atoms with Gasteiger partial charge >= 0.3 is 5.97 Å². The third-order valence-electron chi connectivity index (χ3n) is 1.80. The summed E-state index contributed by atoms with van der Waals surface area (Å²) in [5.74, 6) is -0.955. The van der Waals surface area contributed by atoms with Crippen LogP contribution in [0.1, 0.15) is 16.8 Å². The number of nitrogens with zero attached hydrogens (tertiary/aromatic N) is 1. The lowest BCUT2D eigenvalue weighted by molar-refractivity contribution is -0.384. The molecule has 0 fully saturated rings. The Kier molecular flexibility index (Phi) is 3.79. The Labute approximate surface area is 94.0 Å². The van der Waals surface area contributed by atoms with Crippen molar-refractivity contribution in [2.24, 2.45) is 0 Å². The second-order valence-corrected chi connectivity index (χ2v) is 4.02. The van der Waals surface area contributed by atoms with Crippen LogP contribution in [0.4, 0.5) is 5.69 Å². The van der Waals surface area contributed by atoms with Gasteiger partial charge in [-0.15, -0.1) is 0 Å². The highest BCUT2D eigenvalue weighted by Crippen LogP contribution is 2.28. The molecule has 1 aromatic rings. The number of carboxylic acid groups (broad SMARTS) is 1. The lowest BCUT2D eigenvalue weighted by Crippen LogP contribution is -2.01. The van der Waals surface area contributed by atoms with E-state index in [0.717, 1.165) is 0 Å². The van der Waals surface area contributed by atoms with E-state index in [9.17, 15) is 14.9 Å². The van der Waals surface area contributed by atoms with Gasteiger partial charge in [0.15, 0.2) is 0 Å². The smallest absolute Gasteiger partial charge is 0.304 e. The third kappa shape index (κ3) is 3.32. The van der Waals surface area contributed by atoms with Gasteiger partial charge in [-0.2, -0.15) is 0 Å². The molecule has 0 heterocycles. The molecule has 0 saturated heterocycles. The highest BCUT2D eigenvalue weighted by molar-refractivity contribution is 9.09. The van der Waals surface area contributed by atoms with Gasteiger partial charge in [0.2, 0.25) is 0 Å². The van der Waals surface area contributed by atoms with Gasteiger partial charge in [0.05, 0.1) is 16.2 Å². The number of carboxylic acids is 1. The minimum Gasteiger partial charge on any atom is -0.481 e. The molecule has 6 heteroatoms. The fraction of sp³-hybridized carbons (Fsp3) is 0.222. The van der Waals surface area contributed by atoms with Crippen LogP contribution in [-0.4, -0.2) is 16.0 Å². The van der Waals surface area contributed by atoms with E-state index in [2.05, 4.69) is 15.9 Å². The summed E-state index contributed by atoms with van der Waals surface area (Å²) < 4.78 is 0. The summed E-state index contributed by atoms with van der Waals surface area (Å²) >= 11 is 3.17. The molecule has 0 aromatic heterocycles. The van der Waals surface area contributed by atoms with Crippen LogP contribution in [0.15, 0.2) is 24.3 Å². The number of non-ortho nitro benzene ring substituents is 1. The number of benzene rings is 1. The molecule has 0 aliphatic carbocycles. The first-order valence-corrected chi connectivity index (χ1v) is 5.02. The lowest BCUT2D eigenvalue weighted by Gasteiger charge is -2.06. The number of nitro groups is 1. The fourth-order valence-corrected chi connectivity index (χ4v) is 1.67. The molecular weight excluding hydrogens is 266 g/mol. The molecule has 15 heavy (non-hydrogen) atoms. The van der Waals surface area contributed by atoms with Crippen LogP contribution in [0, 0.1) is 10.1 Å². The summed E-state index contributed by atoms with van der Waals surface area (Å²) in [6.45, 7) is 0. The lowest BCUT2D eigenvalue weighted by atomic mass is 10.1. The van der Waals surface area contributed by atoms with Gasteiger partial charge in [-0.25, -0.2) is 0 Å². The Bertz CT molecular complexity index is 393. The van der Waals surface area contributed by atoms with E-state index < -0.39 is 15.7 Å². The van der Waals surface area contributed by atoms with Gasteiger partial charge in [-0.05, 0) is 5.56 Å². The standard InChI is InChI=1S/C9H8BrNO4/c10-8(5-9(12)13)6-2-1-3-7(4-6)11(14)15/h1-4,8H,5H2,(H,12,13)/t8-/m1/s1. The van der Waals surface area contributed by atoms with E-state index in [0.29, 0.717) is 5.56 Å². The number of hydrogen-bond acceptors (Lipinski definition) is 3. The van der Waals surface area contributed by atoms with Crippen LogP contribution >= 0.6 is 15.9 Å². The van der Waals surface area contributed by atoms with Crippen LogP contribution < -0.4 is 0 Å². The zero-order chi connectivity index (χ0) is 11.4. The number of aliphatic carboxylic acids is 1. The second-order valence-electron chi connectivity index (χ2n) is 2.92. The average molecular weight is 274 g/mol. The Hall–Kier alpha value is -1.43. The topological polar surface area (TPSA) is 80.4 Å². The minimum atomic E-state index is -0.955. The Morgan fingerprint density at radius 1 is 1.60 bits per heavy atom. The van der Waals surface area contributed by atoms with E-state index in [-0.39, 0.29) is 12.1 Å². The maximum Gasteiger partial charge on any atom is 0.304 e. The maximum absolute atomic E-state index is 10.5. The molecule has 5 nitrogen and oxygen atoms in total. The van der Waals surface area contributed by atoms with Crippen LogP contribution in [0.5, 0.6) is 0 Å². The molecule has 80 valence electrons. The molecule has 1 N–H and O–H groups in total. The van der Waals surface area contributed by atoms with Gasteiger partial charge in [0.25, 0.3) is 5.69 Å². The molecule has 0 aliphatic heterocycles. The van der Waals surface area contributed by atoms with Gasteiger partial charge < -0.3 is 5.11 Å². The molecule has 0 aliphatic rings. The number of halogens is 1. The Morgan fingerprint density at radius 2 is 2.27 bits per heavy atom. The highest BCUT2D eigenvalue weighted by atomic mass is 79.9. The molecule has 0 amide bonds. The summed E-state index contributed by atoms with van der Waals surface area (Å²) in [5, 5.41) is 19.0. The maximum atomic E-state index is 10.5. The quantitative estimate of drug-likeness (QED) is 0.519. The summed E-state index contributed by atoms with van der Waals surface area (Å²) in [7, 11) is 0. The van der Waals surface area contributed by atoms with Gasteiger partial charge in [0.1, 0.15) is 0 Å². The van der Waals surface area contributed by atoms with Gasteiger partial charge in [-0.1, -0.05) is 28.1 Å². The van der Waals surface area contributed by atoms with Crippen molar-refractivity contribution in [3.63, 3.8) is 0 Å². The number of rotatable bonds is 4. The Balaban J connectivity index is 2.89. The normalized spacial score (nSPS) is 12.1. The van der Waals surface area contributed by atoms with Crippen molar-refractivity contribution >= 4 is 27.6 Å². The monoisotopic (exact) mass is 273 g/mol. The van der Waals surface area contributed by atoms with Crippen LogP contribution in [0.25, 0.3) is 0 Å². The number of nitro benzene ring substituents is 1. The zero-order valence-corrected chi connectivity index (χ0v) is 9.18. The molecular formula is C9H8BrNO4. The number of alkyl halides is 1. The molecule has 0 unspecified atom stereocenters. The predicted molar refractivity (Wildman–Crippen MR) is 57.0 cm³/mol. The Morgan fingerprint density at radius 3 is 2.80 bits per heavy atom. The predicted octanol–water partition coefficient (Wildman–Crippen LogP) is 2.51. The van der Waals surface area contributed by atoms with Crippen molar-refractivity contribution in [2.75, 3.05) is 0 Å². The molecule has 1 aromatic carbocycles. The molecule has 0 radical (unpaired) electrons.